The summed E-state index contributed by atoms with van der Waals surface area (Å²) in [5, 5.41) is 15.7. The lowest BCUT2D eigenvalue weighted by molar-refractivity contribution is 0.0698. The van der Waals surface area contributed by atoms with Gasteiger partial charge in [-0.05, 0) is 49.1 Å². The molecule has 0 amide bonds. The summed E-state index contributed by atoms with van der Waals surface area (Å²) in [7, 11) is 2.05. The molecule has 7 heteroatoms. The van der Waals surface area contributed by atoms with Crippen molar-refractivity contribution in [1.82, 2.24) is 19.7 Å². The number of aromatic carboxylic acids is 1. The Balaban J connectivity index is 1.56. The van der Waals surface area contributed by atoms with Crippen molar-refractivity contribution in [2.75, 3.05) is 11.9 Å². The van der Waals surface area contributed by atoms with E-state index in [0.717, 1.165) is 40.2 Å². The first-order valence-corrected chi connectivity index (χ1v) is 11.1. The molecule has 2 N–H and O–H groups in total. The van der Waals surface area contributed by atoms with Gasteiger partial charge in [-0.15, -0.1) is 0 Å². The summed E-state index contributed by atoms with van der Waals surface area (Å²) in [6, 6.07) is 19.9. The van der Waals surface area contributed by atoms with Gasteiger partial charge in [-0.2, -0.15) is 5.10 Å². The fraction of sp³-hybridized carbons (Fsp3) is 0.192. The minimum atomic E-state index is -0.973. The average molecular weight is 438 g/mol. The second-order valence-electron chi connectivity index (χ2n) is 8.65. The maximum atomic E-state index is 11.7. The average Bonchev–Trinajstić information content (AvgIpc) is 3.41. The number of hydrogen-bond donors (Lipinski definition) is 2. The number of nitrogens with zero attached hydrogens (tertiary/aromatic N) is 4. The number of benzene rings is 2. The van der Waals surface area contributed by atoms with E-state index in [1.807, 2.05) is 30.3 Å². The van der Waals surface area contributed by atoms with Crippen LogP contribution in [0.2, 0.25) is 0 Å². The number of carbonyl (C=O) groups is 1. The first-order valence-electron chi connectivity index (χ1n) is 11.1. The van der Waals surface area contributed by atoms with E-state index in [-0.39, 0.29) is 5.56 Å². The van der Waals surface area contributed by atoms with Crippen LogP contribution >= 0.6 is 0 Å². The van der Waals surface area contributed by atoms with Gasteiger partial charge in [0.05, 0.1) is 33.7 Å². The Bertz CT molecular complexity index is 1500. The molecule has 0 bridgehead atoms. The number of para-hydroxylation sites is 1. The van der Waals surface area contributed by atoms with Crippen LogP contribution in [0.25, 0.3) is 33.3 Å². The summed E-state index contributed by atoms with van der Waals surface area (Å²) in [5.41, 5.74) is 6.21. The lowest BCUT2D eigenvalue weighted by Gasteiger charge is -2.19. The van der Waals surface area contributed by atoms with Crippen molar-refractivity contribution in [2.45, 2.75) is 19.4 Å². The van der Waals surface area contributed by atoms with Gasteiger partial charge in [0.25, 0.3) is 0 Å². The topological polar surface area (TPSA) is 87.0 Å². The molecule has 1 fully saturated rings. The maximum Gasteiger partial charge on any atom is 0.337 e. The lowest BCUT2D eigenvalue weighted by Crippen LogP contribution is -2.10. The van der Waals surface area contributed by atoms with Gasteiger partial charge in [-0.3, -0.25) is 9.67 Å². The number of nitrogens with one attached hydrogen (secondary N) is 1. The molecule has 3 aromatic heterocycles. The second-order valence-corrected chi connectivity index (χ2v) is 8.65. The van der Waals surface area contributed by atoms with Gasteiger partial charge in [0.1, 0.15) is 5.52 Å². The van der Waals surface area contributed by atoms with Crippen LogP contribution in [0, 0.1) is 5.92 Å². The Morgan fingerprint density at radius 3 is 2.73 bits per heavy atom. The molecule has 0 aliphatic heterocycles. The van der Waals surface area contributed by atoms with E-state index in [1.54, 1.807) is 0 Å². The molecule has 0 unspecified atom stereocenters. The molecule has 0 spiro atoms. The third kappa shape index (κ3) is 3.33. The number of rotatable bonds is 6. The highest BCUT2D eigenvalue weighted by Crippen LogP contribution is 2.39. The zero-order valence-electron chi connectivity index (χ0n) is 18.2. The second kappa shape index (κ2) is 7.48. The van der Waals surface area contributed by atoms with Gasteiger partial charge in [0.15, 0.2) is 0 Å². The minimum Gasteiger partial charge on any atom is -0.478 e. The smallest absolute Gasteiger partial charge is 0.337 e. The van der Waals surface area contributed by atoms with E-state index in [2.05, 4.69) is 50.9 Å². The predicted octanol–water partition coefficient (Wildman–Crippen LogP) is 5.46. The van der Waals surface area contributed by atoms with Crippen LogP contribution in [-0.2, 0) is 6.54 Å². The monoisotopic (exact) mass is 437 g/mol. The van der Waals surface area contributed by atoms with Gasteiger partial charge in [0.2, 0.25) is 0 Å². The number of carboxylic acid groups (broad SMARTS) is 1. The van der Waals surface area contributed by atoms with Crippen molar-refractivity contribution in [3.8, 4) is 11.4 Å². The van der Waals surface area contributed by atoms with E-state index < -0.39 is 5.97 Å². The zero-order chi connectivity index (χ0) is 22.5. The van der Waals surface area contributed by atoms with Crippen LogP contribution in [0.1, 0.15) is 23.2 Å². The highest BCUT2D eigenvalue weighted by Gasteiger charge is 2.26. The molecular weight excluding hydrogens is 414 g/mol. The predicted molar refractivity (Wildman–Crippen MR) is 129 cm³/mol. The normalized spacial score (nSPS) is 13.6. The standard InChI is InChI=1S/C26H23N5O2/c1-30(17-6-3-2-4-7-17)22-9-5-8-18-24(22)29-31(15-16-10-11-16)25(18)21-14-20-23(28-21)19(26(32)33)12-13-27-20/h2-9,12-14,16,28H,10-11,15H2,1H3,(H,32,33). The van der Waals surface area contributed by atoms with Gasteiger partial charge in [-0.1, -0.05) is 30.3 Å². The first-order chi connectivity index (χ1) is 16.1. The molecule has 1 saturated carbocycles. The number of hydrogen-bond acceptors (Lipinski definition) is 4. The van der Waals surface area contributed by atoms with Gasteiger partial charge >= 0.3 is 5.97 Å². The molecule has 6 rings (SSSR count). The Kier molecular flexibility index (Phi) is 4.43. The largest absolute Gasteiger partial charge is 0.478 e. The number of pyridine rings is 1. The molecule has 2 aromatic carbocycles. The van der Waals surface area contributed by atoms with Crippen molar-refractivity contribution in [2.24, 2.45) is 5.92 Å². The molecule has 3 heterocycles. The van der Waals surface area contributed by atoms with Crippen molar-refractivity contribution < 1.29 is 9.90 Å². The third-order valence-electron chi connectivity index (χ3n) is 6.39. The number of anilines is 2. The zero-order valence-corrected chi connectivity index (χ0v) is 18.2. The molecule has 1 aliphatic rings. The quantitative estimate of drug-likeness (QED) is 0.369. The van der Waals surface area contributed by atoms with Crippen LogP contribution in [0.3, 0.4) is 0 Å². The molecule has 164 valence electrons. The Morgan fingerprint density at radius 1 is 1.15 bits per heavy atom. The molecule has 33 heavy (non-hydrogen) atoms. The van der Waals surface area contributed by atoms with E-state index in [1.165, 1.54) is 25.1 Å². The molecule has 0 radical (unpaired) electrons. The van der Waals surface area contributed by atoms with E-state index in [9.17, 15) is 9.90 Å². The van der Waals surface area contributed by atoms with Gasteiger partial charge in [0, 0.05) is 30.9 Å². The summed E-state index contributed by atoms with van der Waals surface area (Å²) < 4.78 is 2.08. The van der Waals surface area contributed by atoms with E-state index in [4.69, 9.17) is 5.10 Å². The molecular formula is C26H23N5O2. The number of H-pyrrole nitrogens is 1. The summed E-state index contributed by atoms with van der Waals surface area (Å²) in [6.07, 6.45) is 3.96. The highest BCUT2D eigenvalue weighted by molar-refractivity contribution is 6.05. The molecule has 0 saturated heterocycles. The number of fused-ring (bicyclic) bond motifs is 2. The van der Waals surface area contributed by atoms with Crippen LogP contribution in [0.5, 0.6) is 0 Å². The maximum absolute atomic E-state index is 11.7. The summed E-state index contributed by atoms with van der Waals surface area (Å²) in [6.45, 7) is 0.840. The molecule has 1 aliphatic carbocycles. The fourth-order valence-electron chi connectivity index (χ4n) is 4.49. The van der Waals surface area contributed by atoms with Crippen molar-refractivity contribution >= 4 is 39.3 Å². The summed E-state index contributed by atoms with van der Waals surface area (Å²) >= 11 is 0. The van der Waals surface area contributed by atoms with Crippen molar-refractivity contribution in [1.29, 1.82) is 0 Å². The van der Waals surface area contributed by atoms with Crippen LogP contribution in [0.15, 0.2) is 66.9 Å². The minimum absolute atomic E-state index is 0.216. The Hall–Kier alpha value is -4.13. The summed E-state index contributed by atoms with van der Waals surface area (Å²) in [4.78, 5) is 21.6. The Labute approximate surface area is 190 Å². The number of aromatic amines is 1. The first kappa shape index (κ1) is 19.5. The van der Waals surface area contributed by atoms with Crippen molar-refractivity contribution in [3.05, 3.63) is 72.4 Å². The lowest BCUT2D eigenvalue weighted by atomic mass is 10.1. The van der Waals surface area contributed by atoms with Gasteiger partial charge in [-0.25, -0.2) is 4.79 Å². The van der Waals surface area contributed by atoms with E-state index in [0.29, 0.717) is 17.0 Å². The molecule has 7 nitrogen and oxygen atoms in total. The van der Waals surface area contributed by atoms with Crippen LogP contribution in [-0.4, -0.2) is 37.9 Å². The van der Waals surface area contributed by atoms with Crippen LogP contribution in [0.4, 0.5) is 11.4 Å². The summed E-state index contributed by atoms with van der Waals surface area (Å²) in [5.74, 6) is -0.343. The van der Waals surface area contributed by atoms with Crippen molar-refractivity contribution in [3.63, 3.8) is 0 Å². The molecule has 0 atom stereocenters. The van der Waals surface area contributed by atoms with Crippen LogP contribution < -0.4 is 4.90 Å². The van der Waals surface area contributed by atoms with Gasteiger partial charge < -0.3 is 15.0 Å². The number of aromatic nitrogens is 4. The van der Waals surface area contributed by atoms with E-state index >= 15 is 0 Å². The third-order valence-corrected chi connectivity index (χ3v) is 6.39. The highest BCUT2D eigenvalue weighted by atomic mass is 16.4. The number of carboxylic acids is 1. The fourth-order valence-corrected chi connectivity index (χ4v) is 4.49. The SMILES string of the molecule is CN(c1ccccc1)c1cccc2c(-c3cc4nccc(C(=O)O)c4[nH]3)n(CC3CC3)nc12. The molecule has 5 aromatic rings. The Morgan fingerprint density at radius 2 is 1.97 bits per heavy atom.